The second-order valence-electron chi connectivity index (χ2n) is 4.54. The van der Waals surface area contributed by atoms with Crippen molar-refractivity contribution in [2.24, 2.45) is 0 Å². The number of amides is 1. The molecule has 0 bridgehead atoms. The molecule has 0 saturated carbocycles. The molecule has 5 heteroatoms. The van der Waals surface area contributed by atoms with Gasteiger partial charge in [-0.25, -0.2) is 0 Å². The van der Waals surface area contributed by atoms with Gasteiger partial charge in [-0.15, -0.1) is 0 Å². The predicted molar refractivity (Wildman–Crippen MR) is 83.1 cm³/mol. The van der Waals surface area contributed by atoms with E-state index >= 15 is 0 Å². The van der Waals surface area contributed by atoms with Crippen molar-refractivity contribution in [3.8, 4) is 11.5 Å². The minimum absolute atomic E-state index is 0.232. The molecule has 0 aromatic heterocycles. The summed E-state index contributed by atoms with van der Waals surface area (Å²) in [6.07, 6.45) is 0. The Morgan fingerprint density at radius 3 is 2.48 bits per heavy atom. The number of hydrogen-bond acceptors (Lipinski definition) is 4. The third-order valence-corrected chi connectivity index (χ3v) is 3.27. The highest BCUT2D eigenvalue weighted by Crippen LogP contribution is 2.28. The van der Waals surface area contributed by atoms with Gasteiger partial charge in [0.25, 0.3) is 5.91 Å². The van der Waals surface area contributed by atoms with E-state index in [4.69, 9.17) is 15.2 Å². The average Bonchev–Trinajstić information content (AvgIpc) is 2.51. The molecule has 0 unspecified atom stereocenters. The Morgan fingerprint density at radius 1 is 1.10 bits per heavy atom. The van der Waals surface area contributed by atoms with Crippen LogP contribution in [0.25, 0.3) is 0 Å². The number of nitrogens with two attached hydrogens (primary N) is 1. The maximum atomic E-state index is 12.3. The van der Waals surface area contributed by atoms with Crippen LogP contribution >= 0.6 is 0 Å². The Balaban J connectivity index is 2.26. The molecule has 3 N–H and O–H groups in total. The summed E-state index contributed by atoms with van der Waals surface area (Å²) in [6.45, 7) is 1.86. The Kier molecular flexibility index (Phi) is 4.33. The first kappa shape index (κ1) is 14.7. The van der Waals surface area contributed by atoms with Gasteiger partial charge < -0.3 is 20.5 Å². The van der Waals surface area contributed by atoms with Gasteiger partial charge in [-0.3, -0.25) is 4.79 Å². The summed E-state index contributed by atoms with van der Waals surface area (Å²) in [4.78, 5) is 12.3. The summed E-state index contributed by atoms with van der Waals surface area (Å²) in [6, 6.07) is 10.4. The van der Waals surface area contributed by atoms with Crippen LogP contribution in [0.15, 0.2) is 36.4 Å². The molecule has 0 spiro atoms. The van der Waals surface area contributed by atoms with Crippen LogP contribution in [-0.4, -0.2) is 20.1 Å². The molecule has 2 aromatic carbocycles. The number of anilines is 2. The van der Waals surface area contributed by atoms with E-state index in [1.807, 2.05) is 13.0 Å². The second kappa shape index (κ2) is 6.17. The molecule has 21 heavy (non-hydrogen) atoms. The molecule has 0 aliphatic rings. The third-order valence-electron chi connectivity index (χ3n) is 3.27. The SMILES string of the molecule is COc1ccc(C(=O)Nc2cccc(N)c2C)cc1OC. The fourth-order valence-corrected chi connectivity index (χ4v) is 1.96. The molecule has 0 saturated heterocycles. The number of benzene rings is 2. The Morgan fingerprint density at radius 2 is 1.81 bits per heavy atom. The van der Waals surface area contributed by atoms with E-state index in [9.17, 15) is 4.79 Å². The molecular formula is C16H18N2O3. The van der Waals surface area contributed by atoms with Crippen LogP contribution in [-0.2, 0) is 0 Å². The largest absolute Gasteiger partial charge is 0.493 e. The zero-order valence-electron chi connectivity index (χ0n) is 12.3. The molecule has 0 radical (unpaired) electrons. The number of carbonyl (C=O) groups excluding carboxylic acids is 1. The molecule has 0 heterocycles. The average molecular weight is 286 g/mol. The highest BCUT2D eigenvalue weighted by Gasteiger charge is 2.12. The first-order chi connectivity index (χ1) is 10.1. The second-order valence-corrected chi connectivity index (χ2v) is 4.54. The molecule has 0 fully saturated rings. The third kappa shape index (κ3) is 3.08. The maximum absolute atomic E-state index is 12.3. The Bertz CT molecular complexity index is 669. The van der Waals surface area contributed by atoms with Gasteiger partial charge in [-0.1, -0.05) is 6.07 Å². The van der Waals surface area contributed by atoms with Gasteiger partial charge in [0.15, 0.2) is 11.5 Å². The first-order valence-corrected chi connectivity index (χ1v) is 6.45. The van der Waals surface area contributed by atoms with E-state index in [-0.39, 0.29) is 5.91 Å². The minimum Gasteiger partial charge on any atom is -0.493 e. The van der Waals surface area contributed by atoms with Crippen LogP contribution in [0.4, 0.5) is 11.4 Å². The quantitative estimate of drug-likeness (QED) is 0.848. The zero-order valence-corrected chi connectivity index (χ0v) is 12.3. The molecule has 1 amide bonds. The molecule has 0 atom stereocenters. The van der Waals surface area contributed by atoms with Crippen LogP contribution in [0, 0.1) is 6.92 Å². The summed E-state index contributed by atoms with van der Waals surface area (Å²) in [7, 11) is 3.08. The summed E-state index contributed by atoms with van der Waals surface area (Å²) < 4.78 is 10.3. The monoisotopic (exact) mass is 286 g/mol. The van der Waals surface area contributed by atoms with Crippen molar-refractivity contribution in [1.82, 2.24) is 0 Å². The van der Waals surface area contributed by atoms with Gasteiger partial charge in [-0.2, -0.15) is 0 Å². The van der Waals surface area contributed by atoms with Crippen LogP contribution in [0.5, 0.6) is 11.5 Å². The lowest BCUT2D eigenvalue weighted by atomic mass is 10.1. The lowest BCUT2D eigenvalue weighted by Gasteiger charge is -2.12. The van der Waals surface area contributed by atoms with Gasteiger partial charge in [0, 0.05) is 16.9 Å². The number of nitrogen functional groups attached to an aromatic ring is 1. The van der Waals surface area contributed by atoms with Crippen molar-refractivity contribution in [1.29, 1.82) is 0 Å². The maximum Gasteiger partial charge on any atom is 0.255 e. The van der Waals surface area contributed by atoms with Crippen molar-refractivity contribution in [2.45, 2.75) is 6.92 Å². The van der Waals surface area contributed by atoms with Crippen molar-refractivity contribution < 1.29 is 14.3 Å². The smallest absolute Gasteiger partial charge is 0.255 e. The minimum atomic E-state index is -0.232. The zero-order chi connectivity index (χ0) is 15.4. The van der Waals surface area contributed by atoms with E-state index in [0.717, 1.165) is 5.56 Å². The van der Waals surface area contributed by atoms with Gasteiger partial charge in [0.05, 0.1) is 14.2 Å². The van der Waals surface area contributed by atoms with Crippen molar-refractivity contribution in [3.05, 3.63) is 47.5 Å². The van der Waals surface area contributed by atoms with Crippen LogP contribution in [0.1, 0.15) is 15.9 Å². The van der Waals surface area contributed by atoms with E-state index in [1.165, 1.54) is 7.11 Å². The topological polar surface area (TPSA) is 73.6 Å². The van der Waals surface area contributed by atoms with E-state index < -0.39 is 0 Å². The molecule has 0 aliphatic heterocycles. The van der Waals surface area contributed by atoms with E-state index in [2.05, 4.69) is 5.32 Å². The van der Waals surface area contributed by atoms with Gasteiger partial charge in [0.1, 0.15) is 0 Å². The summed E-state index contributed by atoms with van der Waals surface area (Å²) in [5, 5.41) is 2.84. The lowest BCUT2D eigenvalue weighted by molar-refractivity contribution is 0.102. The van der Waals surface area contributed by atoms with E-state index in [0.29, 0.717) is 28.4 Å². The highest BCUT2D eigenvalue weighted by atomic mass is 16.5. The first-order valence-electron chi connectivity index (χ1n) is 6.45. The van der Waals surface area contributed by atoms with Crippen LogP contribution < -0.4 is 20.5 Å². The summed E-state index contributed by atoms with van der Waals surface area (Å²) in [5.41, 5.74) is 8.48. The molecule has 2 rings (SSSR count). The fourth-order valence-electron chi connectivity index (χ4n) is 1.96. The number of methoxy groups -OCH3 is 2. The molecule has 5 nitrogen and oxygen atoms in total. The Hall–Kier alpha value is -2.69. The fraction of sp³-hybridized carbons (Fsp3) is 0.188. The standard InChI is InChI=1S/C16H18N2O3/c1-10-12(17)5-4-6-13(10)18-16(19)11-7-8-14(20-2)15(9-11)21-3/h4-9H,17H2,1-3H3,(H,18,19). The molecule has 110 valence electrons. The normalized spacial score (nSPS) is 10.0. The number of ether oxygens (including phenoxy) is 2. The molecular weight excluding hydrogens is 268 g/mol. The van der Waals surface area contributed by atoms with Crippen molar-refractivity contribution >= 4 is 17.3 Å². The van der Waals surface area contributed by atoms with Crippen molar-refractivity contribution in [2.75, 3.05) is 25.3 Å². The molecule has 0 aliphatic carbocycles. The molecule has 2 aromatic rings. The van der Waals surface area contributed by atoms with E-state index in [1.54, 1.807) is 37.4 Å². The predicted octanol–water partition coefficient (Wildman–Crippen LogP) is 2.85. The van der Waals surface area contributed by atoms with Crippen molar-refractivity contribution in [3.63, 3.8) is 0 Å². The van der Waals surface area contributed by atoms with Gasteiger partial charge in [-0.05, 0) is 42.8 Å². The van der Waals surface area contributed by atoms with Gasteiger partial charge in [0.2, 0.25) is 0 Å². The van der Waals surface area contributed by atoms with Crippen LogP contribution in [0.2, 0.25) is 0 Å². The van der Waals surface area contributed by atoms with Gasteiger partial charge >= 0.3 is 0 Å². The van der Waals surface area contributed by atoms with Crippen LogP contribution in [0.3, 0.4) is 0 Å². The number of hydrogen-bond donors (Lipinski definition) is 2. The highest BCUT2D eigenvalue weighted by molar-refractivity contribution is 6.05. The number of carbonyl (C=O) groups is 1. The summed E-state index contributed by atoms with van der Waals surface area (Å²) >= 11 is 0. The Labute approximate surface area is 123 Å². The number of rotatable bonds is 4. The number of nitrogens with one attached hydrogen (secondary N) is 1. The lowest BCUT2D eigenvalue weighted by Crippen LogP contribution is -2.13. The summed E-state index contributed by atoms with van der Waals surface area (Å²) in [5.74, 6) is 0.855.